The van der Waals surface area contributed by atoms with Gasteiger partial charge in [0.15, 0.2) is 0 Å². The van der Waals surface area contributed by atoms with Crippen LogP contribution in [0.1, 0.15) is 43.7 Å². The summed E-state index contributed by atoms with van der Waals surface area (Å²) in [6.45, 7) is 5.20. The van der Waals surface area contributed by atoms with Gasteiger partial charge >= 0.3 is 30.3 Å². The zero-order valence-corrected chi connectivity index (χ0v) is 25.8. The molecule has 1 saturated heterocycles. The second-order valence-electron chi connectivity index (χ2n) is 11.3. The highest BCUT2D eigenvalue weighted by molar-refractivity contribution is 6.30. The van der Waals surface area contributed by atoms with E-state index in [1.807, 2.05) is 30.3 Å². The lowest BCUT2D eigenvalue weighted by molar-refractivity contribution is -0.193. The number of carboxylic acids is 3. The van der Waals surface area contributed by atoms with Crippen molar-refractivity contribution in [3.8, 4) is 5.75 Å². The molecule has 0 aromatic heterocycles. The van der Waals surface area contributed by atoms with Crippen molar-refractivity contribution >= 4 is 29.5 Å². The Morgan fingerprint density at radius 3 is 1.85 bits per heavy atom. The van der Waals surface area contributed by atoms with E-state index in [1.165, 1.54) is 5.56 Å². The van der Waals surface area contributed by atoms with E-state index in [9.17, 15) is 41.4 Å². The predicted octanol–water partition coefficient (Wildman–Crippen LogP) is 5.11. The summed E-state index contributed by atoms with van der Waals surface area (Å²) < 4.78 is 69.4. The van der Waals surface area contributed by atoms with E-state index in [0.29, 0.717) is 36.7 Å². The Hall–Kier alpha value is -3.60. The maximum Gasteiger partial charge on any atom is 0.490 e. The minimum atomic E-state index is -5.08. The van der Waals surface area contributed by atoms with Crippen molar-refractivity contribution in [2.24, 2.45) is 0 Å². The first kappa shape index (κ1) is 39.6. The first-order valence-corrected chi connectivity index (χ1v) is 14.5. The van der Waals surface area contributed by atoms with Gasteiger partial charge in [0.2, 0.25) is 0 Å². The summed E-state index contributed by atoms with van der Waals surface area (Å²) in [5.41, 5.74) is 0.0742. The number of aliphatic hydroxyl groups is 1. The molecule has 262 valence electrons. The normalized spacial score (nSPS) is 17.6. The lowest BCUT2D eigenvalue weighted by Gasteiger charge is -2.34. The number of likely N-dealkylation sites (tertiary alicyclic amines) is 1. The van der Waals surface area contributed by atoms with E-state index in [2.05, 4.69) is 22.3 Å². The summed E-state index contributed by atoms with van der Waals surface area (Å²) in [5, 5.41) is 39.0. The fourth-order valence-electron chi connectivity index (χ4n) is 4.50. The van der Waals surface area contributed by atoms with E-state index < -0.39 is 41.3 Å². The fraction of sp³-hybridized carbons (Fsp3) is 0.500. The Bertz CT molecular complexity index is 1320. The van der Waals surface area contributed by atoms with Crippen molar-refractivity contribution in [1.82, 2.24) is 10.2 Å². The van der Waals surface area contributed by atoms with Crippen molar-refractivity contribution in [3.63, 3.8) is 0 Å². The number of ether oxygens (including phenoxy) is 1. The third-order valence-electron chi connectivity index (χ3n) is 7.26. The van der Waals surface area contributed by atoms with Crippen molar-refractivity contribution in [1.29, 1.82) is 0 Å². The van der Waals surface area contributed by atoms with Gasteiger partial charge in [-0.25, -0.2) is 9.59 Å². The Labute approximate surface area is 270 Å². The first-order valence-electron chi connectivity index (χ1n) is 14.1. The molecule has 2 aliphatic rings. The number of para-hydroxylation sites is 1. The number of halogens is 7. The van der Waals surface area contributed by atoms with Gasteiger partial charge in [-0.15, -0.1) is 0 Å². The number of carbonyl (C=O) groups is 3. The number of piperidine rings is 1. The molecule has 0 bridgehead atoms. The first-order chi connectivity index (χ1) is 21.7. The number of alkyl halides is 6. The number of nitrogens with zero attached hydrogens (tertiary/aromatic N) is 1. The molecule has 1 heterocycles. The minimum absolute atomic E-state index is 0.0993. The molecule has 4 rings (SSSR count). The van der Waals surface area contributed by atoms with Gasteiger partial charge in [-0.3, -0.25) is 9.69 Å². The van der Waals surface area contributed by atoms with Gasteiger partial charge in [-0.05, 0) is 69.5 Å². The van der Waals surface area contributed by atoms with Gasteiger partial charge in [0.1, 0.15) is 18.0 Å². The number of hydrogen-bond acceptors (Lipinski definition) is 7. The van der Waals surface area contributed by atoms with Crippen LogP contribution in [-0.4, -0.2) is 93.5 Å². The molecule has 0 amide bonds. The quantitative estimate of drug-likeness (QED) is 0.211. The largest absolute Gasteiger partial charge is 0.490 e. The topological polar surface area (TPSA) is 157 Å². The maximum atomic E-state index is 11.7. The molecular weight excluding hydrogens is 666 g/mol. The lowest BCUT2D eigenvalue weighted by atomic mass is 9.95. The third-order valence-corrected chi connectivity index (χ3v) is 7.52. The SMILES string of the molecule is C[C@](O)(CNC1CCN(Cc2ccc(Cl)cc2)CC1)COc1ccccc1C1(C(=O)O)CC1.O=C(O)C(F)(F)F.O=C(O)C(F)(F)F. The van der Waals surface area contributed by atoms with E-state index in [1.54, 1.807) is 13.0 Å². The molecule has 47 heavy (non-hydrogen) atoms. The van der Waals surface area contributed by atoms with Gasteiger partial charge in [0, 0.05) is 29.7 Å². The third kappa shape index (κ3) is 13.2. The van der Waals surface area contributed by atoms with Gasteiger partial charge in [0.25, 0.3) is 0 Å². The van der Waals surface area contributed by atoms with E-state index in [-0.39, 0.29) is 6.61 Å². The van der Waals surface area contributed by atoms with Crippen molar-refractivity contribution < 1.29 is 65.9 Å². The van der Waals surface area contributed by atoms with Crippen LogP contribution in [0.5, 0.6) is 5.75 Å². The predicted molar refractivity (Wildman–Crippen MR) is 156 cm³/mol. The average Bonchev–Trinajstić information content (AvgIpc) is 3.79. The van der Waals surface area contributed by atoms with Gasteiger partial charge in [-0.1, -0.05) is 41.9 Å². The van der Waals surface area contributed by atoms with Gasteiger partial charge in [0.05, 0.1) is 5.41 Å². The summed E-state index contributed by atoms with van der Waals surface area (Å²) in [6, 6.07) is 15.6. The number of benzene rings is 2. The molecule has 0 unspecified atom stereocenters. The smallest absolute Gasteiger partial charge is 0.490 e. The molecule has 2 aromatic rings. The van der Waals surface area contributed by atoms with Crippen molar-refractivity contribution in [2.75, 3.05) is 26.2 Å². The zero-order valence-electron chi connectivity index (χ0n) is 25.1. The van der Waals surface area contributed by atoms with Crippen LogP contribution in [0.2, 0.25) is 5.02 Å². The Balaban J connectivity index is 0.000000459. The van der Waals surface area contributed by atoms with E-state index in [0.717, 1.165) is 37.5 Å². The van der Waals surface area contributed by atoms with Crippen LogP contribution in [0.3, 0.4) is 0 Å². The summed E-state index contributed by atoms with van der Waals surface area (Å²) in [4.78, 5) is 32.0. The highest BCUT2D eigenvalue weighted by atomic mass is 35.5. The lowest BCUT2D eigenvalue weighted by Crippen LogP contribution is -2.49. The number of nitrogens with one attached hydrogen (secondary N) is 1. The van der Waals surface area contributed by atoms with Crippen LogP contribution in [-0.2, 0) is 26.3 Å². The summed E-state index contributed by atoms with van der Waals surface area (Å²) in [6.07, 6.45) is -6.88. The van der Waals surface area contributed by atoms with Crippen LogP contribution in [0.15, 0.2) is 48.5 Å². The average molecular weight is 701 g/mol. The second-order valence-corrected chi connectivity index (χ2v) is 11.8. The molecule has 1 saturated carbocycles. The van der Waals surface area contributed by atoms with E-state index in [4.69, 9.17) is 36.1 Å². The Morgan fingerprint density at radius 1 is 0.915 bits per heavy atom. The Kier molecular flexibility index (Phi) is 13.9. The van der Waals surface area contributed by atoms with Crippen LogP contribution in [0.25, 0.3) is 0 Å². The minimum Gasteiger partial charge on any atom is -0.490 e. The molecule has 2 fully saturated rings. The second kappa shape index (κ2) is 16.5. The summed E-state index contributed by atoms with van der Waals surface area (Å²) >= 11 is 5.97. The van der Waals surface area contributed by atoms with E-state index >= 15 is 0 Å². The standard InChI is InChI=1S/C26H33ClN2O4.2C2HF3O2/c1-25(32,18-33-23-5-3-2-4-22(23)26(12-13-26)24(30)31)17-28-21-10-14-29(15-11-21)16-19-6-8-20(27)9-7-19;2*3-2(4,5)1(6)7/h2-9,21,28,32H,10-18H2,1H3,(H,30,31);2*(H,6,7)/t25-;;/m0../s1. The van der Waals surface area contributed by atoms with Crippen LogP contribution >= 0.6 is 11.6 Å². The molecule has 0 spiro atoms. The zero-order chi connectivity index (χ0) is 35.6. The van der Waals surface area contributed by atoms with Crippen molar-refractivity contribution in [3.05, 3.63) is 64.7 Å². The molecule has 0 radical (unpaired) electrons. The molecule has 1 atom stereocenters. The van der Waals surface area contributed by atoms with Crippen molar-refractivity contribution in [2.45, 2.75) is 68.6 Å². The number of hydrogen-bond donors (Lipinski definition) is 5. The Morgan fingerprint density at radius 2 is 1.40 bits per heavy atom. The molecular formula is C30H35ClF6N2O8. The molecule has 17 heteroatoms. The highest BCUT2D eigenvalue weighted by Crippen LogP contribution is 2.51. The molecule has 1 aliphatic heterocycles. The van der Waals surface area contributed by atoms with Crippen LogP contribution < -0.4 is 10.1 Å². The summed E-state index contributed by atoms with van der Waals surface area (Å²) in [5.74, 6) is -5.78. The highest BCUT2D eigenvalue weighted by Gasteiger charge is 2.53. The maximum absolute atomic E-state index is 11.7. The van der Waals surface area contributed by atoms with Crippen LogP contribution in [0, 0.1) is 0 Å². The van der Waals surface area contributed by atoms with Gasteiger partial charge in [-0.2, -0.15) is 26.3 Å². The monoisotopic (exact) mass is 700 g/mol. The van der Waals surface area contributed by atoms with Crippen LogP contribution in [0.4, 0.5) is 26.3 Å². The van der Waals surface area contributed by atoms with Gasteiger partial charge < -0.3 is 30.5 Å². The summed E-state index contributed by atoms with van der Waals surface area (Å²) in [7, 11) is 0. The number of carboxylic acid groups (broad SMARTS) is 3. The fourth-order valence-corrected chi connectivity index (χ4v) is 4.63. The molecule has 2 aromatic carbocycles. The molecule has 5 N–H and O–H groups in total. The molecule has 1 aliphatic carbocycles. The molecule has 10 nitrogen and oxygen atoms in total. The number of rotatable bonds is 10. The number of aliphatic carboxylic acids is 3.